The second kappa shape index (κ2) is 7.87. The summed E-state index contributed by atoms with van der Waals surface area (Å²) in [7, 11) is 0. The van der Waals surface area contributed by atoms with E-state index in [1.807, 2.05) is 11.9 Å². The number of rotatable bonds is 6. The van der Waals surface area contributed by atoms with E-state index in [1.165, 1.54) is 0 Å². The van der Waals surface area contributed by atoms with Gasteiger partial charge in [-0.1, -0.05) is 20.3 Å². The molecule has 25 heavy (non-hydrogen) atoms. The maximum Gasteiger partial charge on any atom is 0.347 e. The van der Waals surface area contributed by atoms with Crippen molar-refractivity contribution in [2.75, 3.05) is 6.61 Å². The molecule has 2 rings (SSSR count). The zero-order valence-electron chi connectivity index (χ0n) is 13.9. The average Bonchev–Trinajstić information content (AvgIpc) is 2.86. The molecule has 6 atom stereocenters. The van der Waals surface area contributed by atoms with Crippen molar-refractivity contribution >= 4 is 5.97 Å². The van der Waals surface area contributed by atoms with Crippen molar-refractivity contribution in [1.82, 2.24) is 14.8 Å². The number of nitrogens with one attached hydrogen (secondary N) is 1. The summed E-state index contributed by atoms with van der Waals surface area (Å²) in [6.07, 6.45) is -3.79. The molecular weight excluding hydrogens is 336 g/mol. The first-order valence-electron chi connectivity index (χ1n) is 7.88. The lowest BCUT2D eigenvalue weighted by Gasteiger charge is -2.19. The van der Waals surface area contributed by atoms with Gasteiger partial charge < -0.3 is 25.4 Å². The number of H-pyrrole nitrogens is 1. The second-order valence-corrected chi connectivity index (χ2v) is 5.97. The molecule has 0 saturated carbocycles. The fraction of sp³-hybridized carbons (Fsp3) is 0.714. The van der Waals surface area contributed by atoms with Crippen molar-refractivity contribution in [3.63, 3.8) is 0 Å². The highest BCUT2D eigenvalue weighted by atomic mass is 16.6. The third-order valence-electron chi connectivity index (χ3n) is 4.23. The highest BCUT2D eigenvalue weighted by molar-refractivity contribution is 5.75. The average molecular weight is 358 g/mol. The molecule has 0 radical (unpaired) electrons. The van der Waals surface area contributed by atoms with Crippen LogP contribution in [-0.2, 0) is 14.3 Å². The predicted molar refractivity (Wildman–Crippen MR) is 83.4 cm³/mol. The Morgan fingerprint density at radius 1 is 1.48 bits per heavy atom. The summed E-state index contributed by atoms with van der Waals surface area (Å²) < 4.78 is 11.1. The SMILES string of the molecule is CC[C@H](C)[C@@H](N)C(=O)OC[C@H]1O[C@@H](n2ncc(=O)[nH]c2=O)C(O)[C@H]1O. The van der Waals surface area contributed by atoms with E-state index in [0.717, 1.165) is 6.20 Å². The van der Waals surface area contributed by atoms with Crippen LogP contribution in [0.5, 0.6) is 0 Å². The van der Waals surface area contributed by atoms with E-state index in [9.17, 15) is 24.6 Å². The molecule has 1 saturated heterocycles. The van der Waals surface area contributed by atoms with E-state index in [-0.39, 0.29) is 12.5 Å². The van der Waals surface area contributed by atoms with Crippen LogP contribution in [0.1, 0.15) is 26.5 Å². The maximum absolute atomic E-state index is 11.9. The Hall–Kier alpha value is -2.08. The van der Waals surface area contributed by atoms with Crippen LogP contribution in [-0.4, -0.2) is 61.9 Å². The largest absolute Gasteiger partial charge is 0.462 e. The summed E-state index contributed by atoms with van der Waals surface area (Å²) in [6, 6.07) is -0.812. The third-order valence-corrected chi connectivity index (χ3v) is 4.23. The molecule has 1 unspecified atom stereocenters. The van der Waals surface area contributed by atoms with Gasteiger partial charge in [0.25, 0.3) is 5.56 Å². The number of nitrogens with two attached hydrogens (primary N) is 1. The number of hydrogen-bond acceptors (Lipinski definition) is 9. The Bertz CT molecular complexity index is 718. The first-order chi connectivity index (χ1) is 11.8. The number of ether oxygens (including phenoxy) is 2. The lowest BCUT2D eigenvalue weighted by Crippen LogP contribution is -2.41. The van der Waals surface area contributed by atoms with E-state index in [2.05, 4.69) is 5.10 Å². The Morgan fingerprint density at radius 3 is 2.76 bits per heavy atom. The summed E-state index contributed by atoms with van der Waals surface area (Å²) in [5.41, 5.74) is 4.14. The maximum atomic E-state index is 11.9. The van der Waals surface area contributed by atoms with Gasteiger partial charge in [0.05, 0.1) is 0 Å². The Balaban J connectivity index is 2.03. The Morgan fingerprint density at radius 2 is 2.16 bits per heavy atom. The van der Waals surface area contributed by atoms with Crippen molar-refractivity contribution in [3.05, 3.63) is 27.0 Å². The molecule has 0 bridgehead atoms. The number of carbonyl (C=O) groups excluding carboxylic acids is 1. The quantitative estimate of drug-likeness (QED) is 0.400. The number of aromatic amines is 1. The van der Waals surface area contributed by atoms with Crippen LogP contribution in [0.2, 0.25) is 0 Å². The van der Waals surface area contributed by atoms with Gasteiger partial charge >= 0.3 is 11.7 Å². The van der Waals surface area contributed by atoms with Gasteiger partial charge in [-0.15, -0.1) is 0 Å². The van der Waals surface area contributed by atoms with Gasteiger partial charge in [0, 0.05) is 0 Å². The minimum atomic E-state index is -1.50. The van der Waals surface area contributed by atoms with Gasteiger partial charge in [0.2, 0.25) is 0 Å². The lowest BCUT2D eigenvalue weighted by molar-refractivity contribution is -0.153. The number of aromatic nitrogens is 3. The van der Waals surface area contributed by atoms with Gasteiger partial charge in [0.1, 0.15) is 37.2 Å². The first kappa shape index (κ1) is 19.2. The molecule has 11 heteroatoms. The van der Waals surface area contributed by atoms with Crippen LogP contribution in [0.15, 0.2) is 15.8 Å². The third kappa shape index (κ3) is 4.12. The molecule has 1 aromatic heterocycles. The van der Waals surface area contributed by atoms with E-state index in [0.29, 0.717) is 11.1 Å². The Kier molecular flexibility index (Phi) is 6.06. The molecule has 140 valence electrons. The number of carbonyl (C=O) groups is 1. The van der Waals surface area contributed by atoms with Gasteiger partial charge in [-0.3, -0.25) is 14.6 Å². The minimum Gasteiger partial charge on any atom is -0.462 e. The highest BCUT2D eigenvalue weighted by Gasteiger charge is 2.45. The van der Waals surface area contributed by atoms with Crippen LogP contribution in [0.4, 0.5) is 0 Å². The first-order valence-corrected chi connectivity index (χ1v) is 7.88. The number of nitrogens with zero attached hydrogens (tertiary/aromatic N) is 2. The van der Waals surface area contributed by atoms with Gasteiger partial charge in [-0.25, -0.2) is 4.79 Å². The monoisotopic (exact) mass is 358 g/mol. The zero-order valence-corrected chi connectivity index (χ0v) is 13.9. The molecule has 1 aliphatic rings. The van der Waals surface area contributed by atoms with Crippen LogP contribution < -0.4 is 17.0 Å². The fourth-order valence-electron chi connectivity index (χ4n) is 2.36. The summed E-state index contributed by atoms with van der Waals surface area (Å²) in [4.78, 5) is 36.6. The molecule has 0 spiro atoms. The van der Waals surface area contributed by atoms with Gasteiger partial charge in [-0.05, 0) is 5.92 Å². The molecule has 11 nitrogen and oxygen atoms in total. The van der Waals surface area contributed by atoms with Gasteiger partial charge in [0.15, 0.2) is 6.23 Å². The molecule has 1 aromatic rings. The van der Waals surface area contributed by atoms with Gasteiger partial charge in [-0.2, -0.15) is 9.78 Å². The summed E-state index contributed by atoms with van der Waals surface area (Å²) >= 11 is 0. The second-order valence-electron chi connectivity index (χ2n) is 5.97. The van der Waals surface area contributed by atoms with Crippen LogP contribution in [0.25, 0.3) is 0 Å². The molecule has 0 aliphatic carbocycles. The van der Waals surface area contributed by atoms with E-state index in [4.69, 9.17) is 15.2 Å². The lowest BCUT2D eigenvalue weighted by atomic mass is 10.0. The molecule has 0 amide bonds. The normalized spacial score (nSPS) is 28.5. The van der Waals surface area contributed by atoms with Crippen molar-refractivity contribution in [2.24, 2.45) is 11.7 Å². The van der Waals surface area contributed by atoms with Crippen molar-refractivity contribution in [3.8, 4) is 0 Å². The summed E-state index contributed by atoms with van der Waals surface area (Å²) in [6.45, 7) is 3.34. The summed E-state index contributed by atoms with van der Waals surface area (Å²) in [5, 5.41) is 23.6. The molecule has 0 aromatic carbocycles. The highest BCUT2D eigenvalue weighted by Crippen LogP contribution is 2.28. The minimum absolute atomic E-state index is 0.0795. The smallest absolute Gasteiger partial charge is 0.347 e. The predicted octanol–water partition coefficient (Wildman–Crippen LogP) is -2.53. The van der Waals surface area contributed by atoms with E-state index >= 15 is 0 Å². The van der Waals surface area contributed by atoms with Crippen molar-refractivity contribution in [2.45, 2.75) is 50.8 Å². The molecular formula is C14H22N4O7. The van der Waals surface area contributed by atoms with Crippen molar-refractivity contribution < 1.29 is 24.5 Å². The molecule has 5 N–H and O–H groups in total. The van der Waals surface area contributed by atoms with Crippen LogP contribution >= 0.6 is 0 Å². The topological polar surface area (TPSA) is 170 Å². The Labute approximate surface area is 142 Å². The molecule has 2 heterocycles. The zero-order chi connectivity index (χ0) is 18.7. The standard InChI is InChI=1S/C14H22N4O7/c1-3-6(2)9(15)13(22)24-5-7-10(20)11(21)12(25-7)18-14(23)17-8(19)4-16-18/h4,6-7,9-12,20-21H,3,5,15H2,1-2H3,(H,17,19,23)/t6-,7+,9+,10-,11?,12+/m0/s1. The number of aliphatic hydroxyl groups is 2. The fourth-order valence-corrected chi connectivity index (χ4v) is 2.36. The number of aliphatic hydroxyl groups excluding tert-OH is 2. The molecule has 1 aliphatic heterocycles. The number of esters is 1. The molecule has 1 fully saturated rings. The van der Waals surface area contributed by atoms with Crippen molar-refractivity contribution in [1.29, 1.82) is 0 Å². The summed E-state index contributed by atoms with van der Waals surface area (Å²) in [5.74, 6) is -0.730. The van der Waals surface area contributed by atoms with E-state index in [1.54, 1.807) is 6.92 Å². The van der Waals surface area contributed by atoms with Crippen LogP contribution in [0, 0.1) is 5.92 Å². The number of hydrogen-bond donors (Lipinski definition) is 4. The van der Waals surface area contributed by atoms with Crippen LogP contribution in [0.3, 0.4) is 0 Å². The van der Waals surface area contributed by atoms with E-state index < -0.39 is 47.8 Å².